The normalized spacial score (nSPS) is 11.2. The van der Waals surface area contributed by atoms with Crippen LogP contribution >= 0.6 is 0 Å². The van der Waals surface area contributed by atoms with E-state index in [1.807, 2.05) is 48.7 Å². The van der Waals surface area contributed by atoms with Gasteiger partial charge in [-0.05, 0) is 35.9 Å². The lowest BCUT2D eigenvalue weighted by molar-refractivity contribution is 0.405. The molecule has 0 amide bonds. The molecule has 1 heterocycles. The topological polar surface area (TPSA) is 86.7 Å². The third-order valence-electron chi connectivity index (χ3n) is 3.81. The number of methoxy groups -OCH3 is 2. The number of hydrogen-bond donors (Lipinski definition) is 2. The molecule has 0 saturated carbocycles. The Morgan fingerprint density at radius 2 is 1.96 bits per heavy atom. The Labute approximate surface area is 152 Å². The molecule has 0 fully saturated rings. The van der Waals surface area contributed by atoms with Crippen molar-refractivity contribution in [2.24, 2.45) is 10.7 Å². The number of nitrogens with zero attached hydrogens (tertiary/aromatic N) is 3. The average molecular weight is 351 g/mol. The highest BCUT2D eigenvalue weighted by Gasteiger charge is 2.06. The van der Waals surface area contributed by atoms with Crippen LogP contribution in [0.1, 0.15) is 5.56 Å². The molecule has 3 rings (SSSR count). The quantitative estimate of drug-likeness (QED) is 0.527. The second-order valence-electron chi connectivity index (χ2n) is 5.51. The summed E-state index contributed by atoms with van der Waals surface area (Å²) in [6.07, 6.45) is 3.65. The van der Waals surface area contributed by atoms with E-state index in [0.717, 1.165) is 11.3 Å². The number of hydrogen-bond acceptors (Lipinski definition) is 4. The highest BCUT2D eigenvalue weighted by atomic mass is 16.5. The van der Waals surface area contributed by atoms with E-state index < -0.39 is 0 Å². The first kappa shape index (κ1) is 17.3. The lowest BCUT2D eigenvalue weighted by Crippen LogP contribution is -2.23. The zero-order valence-corrected chi connectivity index (χ0v) is 14.7. The molecule has 0 unspecified atom stereocenters. The van der Waals surface area contributed by atoms with Gasteiger partial charge in [-0.3, -0.25) is 0 Å². The fourth-order valence-corrected chi connectivity index (χ4v) is 2.44. The Bertz CT molecular complexity index is 873. The zero-order valence-electron chi connectivity index (χ0n) is 14.7. The smallest absolute Gasteiger partial charge is 0.193 e. The minimum absolute atomic E-state index is 0.299. The van der Waals surface area contributed by atoms with Gasteiger partial charge in [0.2, 0.25) is 0 Å². The van der Waals surface area contributed by atoms with Gasteiger partial charge in [-0.2, -0.15) is 5.10 Å². The maximum atomic E-state index is 6.00. The fraction of sp³-hybridized carbons (Fsp3) is 0.158. The van der Waals surface area contributed by atoms with Gasteiger partial charge in [-0.25, -0.2) is 9.67 Å². The van der Waals surface area contributed by atoms with Crippen LogP contribution in [0.3, 0.4) is 0 Å². The summed E-state index contributed by atoms with van der Waals surface area (Å²) in [5.74, 6) is 1.66. The molecule has 0 atom stereocenters. The maximum absolute atomic E-state index is 6.00. The molecule has 7 heteroatoms. The van der Waals surface area contributed by atoms with Crippen LogP contribution in [0.4, 0.5) is 5.69 Å². The molecule has 3 N–H and O–H groups in total. The molecule has 1 aromatic heterocycles. The minimum Gasteiger partial charge on any atom is -0.497 e. The van der Waals surface area contributed by atoms with E-state index in [2.05, 4.69) is 15.4 Å². The van der Waals surface area contributed by atoms with Crippen LogP contribution in [0.5, 0.6) is 11.5 Å². The third kappa shape index (κ3) is 4.13. The lowest BCUT2D eigenvalue weighted by atomic mass is 10.2. The van der Waals surface area contributed by atoms with E-state index in [4.69, 9.17) is 15.2 Å². The van der Waals surface area contributed by atoms with Crippen LogP contribution in [-0.2, 0) is 6.54 Å². The van der Waals surface area contributed by atoms with E-state index in [9.17, 15) is 0 Å². The average Bonchev–Trinajstić information content (AvgIpc) is 3.21. The minimum atomic E-state index is 0.299. The van der Waals surface area contributed by atoms with Gasteiger partial charge in [-0.1, -0.05) is 12.1 Å². The molecule has 2 aromatic carbocycles. The van der Waals surface area contributed by atoms with Crippen molar-refractivity contribution in [2.75, 3.05) is 19.5 Å². The number of aromatic nitrogens is 2. The molecule has 7 nitrogen and oxygen atoms in total. The Morgan fingerprint density at radius 1 is 1.15 bits per heavy atom. The highest BCUT2D eigenvalue weighted by Crippen LogP contribution is 2.28. The van der Waals surface area contributed by atoms with Crippen molar-refractivity contribution in [1.82, 2.24) is 9.78 Å². The summed E-state index contributed by atoms with van der Waals surface area (Å²) in [4.78, 5) is 4.38. The van der Waals surface area contributed by atoms with Crippen molar-refractivity contribution in [2.45, 2.75) is 6.54 Å². The number of nitrogens with one attached hydrogen (secondary N) is 1. The first-order valence-corrected chi connectivity index (χ1v) is 8.07. The Balaban J connectivity index is 1.67. The molecule has 0 aliphatic carbocycles. The fourth-order valence-electron chi connectivity index (χ4n) is 2.44. The SMILES string of the molecule is COc1ccc(OC)c(NC(N)=NCc2ccc(-n3cccn3)cc2)c1. The lowest BCUT2D eigenvalue weighted by Gasteiger charge is -2.12. The Hall–Kier alpha value is -3.48. The van der Waals surface area contributed by atoms with Gasteiger partial charge in [0.1, 0.15) is 11.5 Å². The number of nitrogens with two attached hydrogens (primary N) is 1. The van der Waals surface area contributed by atoms with Gasteiger partial charge in [0, 0.05) is 18.5 Å². The number of guanidine groups is 1. The largest absolute Gasteiger partial charge is 0.497 e. The molecule has 0 saturated heterocycles. The number of rotatable bonds is 6. The number of benzene rings is 2. The zero-order chi connectivity index (χ0) is 18.4. The van der Waals surface area contributed by atoms with Gasteiger partial charge in [0.05, 0.1) is 32.1 Å². The summed E-state index contributed by atoms with van der Waals surface area (Å²) in [5.41, 5.74) is 8.74. The van der Waals surface area contributed by atoms with Crippen LogP contribution in [0.15, 0.2) is 65.9 Å². The second kappa shape index (κ2) is 8.06. The molecule has 0 spiro atoms. The van der Waals surface area contributed by atoms with Crippen molar-refractivity contribution >= 4 is 11.6 Å². The maximum Gasteiger partial charge on any atom is 0.193 e. The second-order valence-corrected chi connectivity index (χ2v) is 5.51. The summed E-state index contributed by atoms with van der Waals surface area (Å²) in [7, 11) is 3.21. The Morgan fingerprint density at radius 3 is 2.62 bits per heavy atom. The monoisotopic (exact) mass is 351 g/mol. The summed E-state index contributed by atoms with van der Waals surface area (Å²) in [6, 6.07) is 15.3. The van der Waals surface area contributed by atoms with Gasteiger partial charge in [0.15, 0.2) is 5.96 Å². The van der Waals surface area contributed by atoms with Crippen LogP contribution in [0.2, 0.25) is 0 Å². The summed E-state index contributed by atoms with van der Waals surface area (Å²) in [5, 5.41) is 7.25. The molecule has 0 aliphatic rings. The molecule has 3 aromatic rings. The molecular formula is C19H21N5O2. The van der Waals surface area contributed by atoms with Crippen molar-refractivity contribution < 1.29 is 9.47 Å². The predicted octanol–water partition coefficient (Wildman–Crippen LogP) is 2.82. The van der Waals surface area contributed by atoms with Crippen molar-refractivity contribution in [3.05, 3.63) is 66.5 Å². The molecule has 0 bridgehead atoms. The van der Waals surface area contributed by atoms with Crippen LogP contribution < -0.4 is 20.5 Å². The van der Waals surface area contributed by atoms with Crippen LogP contribution in [0.25, 0.3) is 5.69 Å². The summed E-state index contributed by atoms with van der Waals surface area (Å²) in [6.45, 7) is 0.463. The van der Waals surface area contributed by atoms with E-state index in [1.165, 1.54) is 0 Å². The molecule has 134 valence electrons. The molecule has 26 heavy (non-hydrogen) atoms. The third-order valence-corrected chi connectivity index (χ3v) is 3.81. The first-order chi connectivity index (χ1) is 12.7. The molecular weight excluding hydrogens is 330 g/mol. The standard InChI is InChI=1S/C19H21N5O2/c1-25-16-8-9-18(26-2)17(12-16)23-19(20)21-13-14-4-6-15(7-5-14)24-11-3-10-22-24/h3-12H,13H2,1-2H3,(H3,20,21,23). The van der Waals surface area contributed by atoms with Crippen LogP contribution in [0, 0.1) is 0 Å². The van der Waals surface area contributed by atoms with E-state index in [0.29, 0.717) is 29.7 Å². The van der Waals surface area contributed by atoms with Crippen molar-refractivity contribution in [3.8, 4) is 17.2 Å². The van der Waals surface area contributed by atoms with Crippen molar-refractivity contribution in [1.29, 1.82) is 0 Å². The summed E-state index contributed by atoms with van der Waals surface area (Å²) < 4.78 is 12.3. The predicted molar refractivity (Wildman–Crippen MR) is 102 cm³/mol. The van der Waals surface area contributed by atoms with Gasteiger partial charge in [-0.15, -0.1) is 0 Å². The molecule has 0 aliphatic heterocycles. The van der Waals surface area contributed by atoms with E-state index in [-0.39, 0.29) is 0 Å². The van der Waals surface area contributed by atoms with E-state index >= 15 is 0 Å². The van der Waals surface area contributed by atoms with Crippen molar-refractivity contribution in [3.63, 3.8) is 0 Å². The van der Waals surface area contributed by atoms with Crippen LogP contribution in [-0.4, -0.2) is 30.0 Å². The highest BCUT2D eigenvalue weighted by molar-refractivity contribution is 5.94. The number of ether oxygens (including phenoxy) is 2. The molecule has 0 radical (unpaired) electrons. The number of aliphatic imine (C=N–C) groups is 1. The number of anilines is 1. The van der Waals surface area contributed by atoms with Gasteiger partial charge < -0.3 is 20.5 Å². The summed E-state index contributed by atoms with van der Waals surface area (Å²) >= 11 is 0. The van der Waals surface area contributed by atoms with Gasteiger partial charge in [0.25, 0.3) is 0 Å². The first-order valence-electron chi connectivity index (χ1n) is 8.07. The Kier molecular flexibility index (Phi) is 5.38. The van der Waals surface area contributed by atoms with E-state index in [1.54, 1.807) is 31.2 Å². The van der Waals surface area contributed by atoms with Gasteiger partial charge >= 0.3 is 0 Å².